The van der Waals surface area contributed by atoms with Gasteiger partial charge in [0, 0.05) is 57.8 Å². The molecule has 14 heteroatoms. The van der Waals surface area contributed by atoms with Gasteiger partial charge in [0.2, 0.25) is 0 Å². The van der Waals surface area contributed by atoms with Crippen molar-refractivity contribution in [3.8, 4) is 0 Å². The molecule has 0 aliphatic carbocycles. The van der Waals surface area contributed by atoms with Crippen molar-refractivity contribution in [3.63, 3.8) is 0 Å². The van der Waals surface area contributed by atoms with Gasteiger partial charge in [0.25, 0.3) is 5.56 Å². The van der Waals surface area contributed by atoms with E-state index < -0.39 is 23.9 Å². The number of carboxylic acid groups (broad SMARTS) is 1. The number of halogens is 4. The Balaban J connectivity index is 1.65. The highest BCUT2D eigenvalue weighted by Gasteiger charge is 2.48. The predicted molar refractivity (Wildman–Crippen MR) is 131 cm³/mol. The summed E-state index contributed by atoms with van der Waals surface area (Å²) in [4.78, 5) is 31.0. The molecule has 0 spiro atoms. The van der Waals surface area contributed by atoms with E-state index in [-0.39, 0.29) is 42.0 Å². The largest absolute Gasteiger partial charge is 0.465 e. The van der Waals surface area contributed by atoms with Crippen LogP contribution in [0.15, 0.2) is 33.8 Å². The Kier molecular flexibility index (Phi) is 7.76. The lowest BCUT2D eigenvalue weighted by atomic mass is 10.0. The molecule has 1 amide bonds. The third kappa shape index (κ3) is 5.93. The Morgan fingerprint density at radius 2 is 1.97 bits per heavy atom. The van der Waals surface area contributed by atoms with Gasteiger partial charge in [-0.1, -0.05) is 0 Å². The Bertz CT molecular complexity index is 1170. The first-order chi connectivity index (χ1) is 17.0. The van der Waals surface area contributed by atoms with Crippen LogP contribution in [0, 0.1) is 0 Å². The highest BCUT2D eigenvalue weighted by Crippen LogP contribution is 2.38. The first kappa shape index (κ1) is 26.2. The Hall–Kier alpha value is -2.84. The molecule has 2 saturated heterocycles. The molecule has 196 valence electrons. The number of benzene rings is 1. The second kappa shape index (κ2) is 10.6. The van der Waals surface area contributed by atoms with E-state index in [1.165, 1.54) is 40.9 Å². The number of aromatic nitrogens is 2. The van der Waals surface area contributed by atoms with Crippen molar-refractivity contribution in [3.05, 3.63) is 39.4 Å². The third-order valence-corrected chi connectivity index (χ3v) is 6.73. The molecule has 1 aromatic carbocycles. The van der Waals surface area contributed by atoms with Crippen LogP contribution < -0.4 is 21.1 Å². The summed E-state index contributed by atoms with van der Waals surface area (Å²) in [5.74, 6) is -0.0286. The minimum Gasteiger partial charge on any atom is -0.465 e. The summed E-state index contributed by atoms with van der Waals surface area (Å²) in [6.07, 6.45) is -3.12. The number of anilines is 4. The van der Waals surface area contributed by atoms with Crippen LogP contribution in [0.25, 0.3) is 0 Å². The van der Waals surface area contributed by atoms with E-state index >= 15 is 0 Å². The number of carbonyl (C=O) groups is 1. The van der Waals surface area contributed by atoms with E-state index in [0.29, 0.717) is 37.2 Å². The van der Waals surface area contributed by atoms with Gasteiger partial charge in [0.05, 0.1) is 11.4 Å². The van der Waals surface area contributed by atoms with Gasteiger partial charge in [-0.2, -0.15) is 13.2 Å². The molecule has 2 aliphatic rings. The van der Waals surface area contributed by atoms with Crippen molar-refractivity contribution < 1.29 is 27.8 Å². The molecule has 0 bridgehead atoms. The molecule has 1 aromatic heterocycles. The molecule has 1 atom stereocenters. The minimum absolute atomic E-state index is 0.0225. The van der Waals surface area contributed by atoms with Gasteiger partial charge in [-0.3, -0.25) is 15.0 Å². The maximum Gasteiger partial charge on any atom is 0.409 e. The molecular formula is C22H26BrF3N6O4. The average Bonchev–Trinajstić information content (AvgIpc) is 2.82. The fraction of sp³-hybridized carbons (Fsp3) is 0.500. The molecule has 0 saturated carbocycles. The topological polar surface area (TPSA) is 112 Å². The van der Waals surface area contributed by atoms with Crippen LogP contribution in [-0.2, 0) is 11.8 Å². The molecule has 4 rings (SSSR count). The zero-order valence-electron chi connectivity index (χ0n) is 19.4. The van der Waals surface area contributed by atoms with Gasteiger partial charge in [-0.25, -0.2) is 9.78 Å². The van der Waals surface area contributed by atoms with Gasteiger partial charge in [-0.15, -0.1) is 0 Å². The van der Waals surface area contributed by atoms with Crippen molar-refractivity contribution >= 4 is 44.9 Å². The van der Waals surface area contributed by atoms with Crippen LogP contribution in [0.4, 0.5) is 40.8 Å². The molecule has 2 fully saturated rings. The summed E-state index contributed by atoms with van der Waals surface area (Å²) in [5, 5.41) is 14.4. The van der Waals surface area contributed by atoms with Crippen LogP contribution in [0.2, 0.25) is 0 Å². The van der Waals surface area contributed by atoms with Crippen LogP contribution in [0.1, 0.15) is 12.8 Å². The highest BCUT2D eigenvalue weighted by atomic mass is 79.9. The van der Waals surface area contributed by atoms with Gasteiger partial charge in [0.15, 0.2) is 5.82 Å². The van der Waals surface area contributed by atoms with E-state index in [4.69, 9.17) is 4.74 Å². The predicted octanol–water partition coefficient (Wildman–Crippen LogP) is 3.61. The summed E-state index contributed by atoms with van der Waals surface area (Å²) in [5.41, 5.74) is -0.0777. The number of alkyl halides is 3. The minimum atomic E-state index is -4.53. The normalized spacial score (nSPS) is 19.8. The number of rotatable bonds is 5. The molecule has 3 N–H and O–H groups in total. The summed E-state index contributed by atoms with van der Waals surface area (Å²) >= 11 is 3.20. The molecule has 36 heavy (non-hydrogen) atoms. The first-order valence-corrected chi connectivity index (χ1v) is 12.1. The summed E-state index contributed by atoms with van der Waals surface area (Å²) in [6.45, 7) is 1.30. The lowest BCUT2D eigenvalue weighted by Gasteiger charge is -2.47. The lowest BCUT2D eigenvalue weighted by molar-refractivity contribution is -0.159. The molecule has 3 heterocycles. The summed E-state index contributed by atoms with van der Waals surface area (Å²) in [7, 11) is 1.54. The van der Waals surface area contributed by atoms with Gasteiger partial charge >= 0.3 is 12.3 Å². The van der Waals surface area contributed by atoms with Crippen LogP contribution in [0.5, 0.6) is 0 Å². The van der Waals surface area contributed by atoms with E-state index in [1.807, 2.05) is 4.90 Å². The Morgan fingerprint density at radius 3 is 2.64 bits per heavy atom. The number of aryl methyl sites for hydroxylation is 1. The molecule has 2 aliphatic heterocycles. The number of nitrogens with zero attached hydrogens (tertiary/aromatic N) is 4. The first-order valence-electron chi connectivity index (χ1n) is 11.3. The maximum atomic E-state index is 14.2. The molecule has 0 radical (unpaired) electrons. The lowest BCUT2D eigenvalue weighted by Crippen LogP contribution is -2.61. The smallest absolute Gasteiger partial charge is 0.409 e. The monoisotopic (exact) mass is 574 g/mol. The van der Waals surface area contributed by atoms with Crippen molar-refractivity contribution in [1.29, 1.82) is 0 Å². The summed E-state index contributed by atoms with van der Waals surface area (Å²) < 4.78 is 49.7. The average molecular weight is 575 g/mol. The molecule has 1 unspecified atom stereocenters. The number of hydrogen-bond donors (Lipinski definition) is 3. The van der Waals surface area contributed by atoms with Crippen molar-refractivity contribution in [2.24, 2.45) is 7.05 Å². The Morgan fingerprint density at radius 1 is 1.25 bits per heavy atom. The van der Waals surface area contributed by atoms with E-state index in [1.54, 1.807) is 0 Å². The Labute approximate surface area is 213 Å². The zero-order valence-corrected chi connectivity index (χ0v) is 21.0. The van der Waals surface area contributed by atoms with Gasteiger partial charge in [-0.05, 0) is 47.0 Å². The van der Waals surface area contributed by atoms with Gasteiger partial charge in [0.1, 0.15) is 10.6 Å². The SMILES string of the molecule is Cn1cc(Br)nc(Nc2ccc(N3CCN(C4CCOCC4)CC3C(F)(F)F)c(NC(=O)O)c2)c1=O. The molecular weight excluding hydrogens is 549 g/mol. The number of piperazine rings is 1. The van der Waals surface area contributed by atoms with Gasteiger partial charge < -0.3 is 24.6 Å². The highest BCUT2D eigenvalue weighted by molar-refractivity contribution is 9.10. The number of hydrogen-bond acceptors (Lipinski definition) is 7. The standard InChI is InChI=1S/C22H26BrF3N6O4/c1-30-12-18(23)29-19(20(30)33)27-13-2-3-16(15(10-13)28-21(34)35)32-7-6-31(11-17(32)22(24,25)26)14-4-8-36-9-5-14/h2-3,10,12,14,17,28H,4-9,11H2,1H3,(H,27,29)(H,34,35). The van der Waals surface area contributed by atoms with E-state index in [0.717, 1.165) is 0 Å². The fourth-order valence-electron chi connectivity index (χ4n) is 4.62. The second-order valence-corrected chi connectivity index (χ2v) is 9.52. The number of nitrogens with one attached hydrogen (secondary N) is 2. The van der Waals surface area contributed by atoms with Crippen molar-refractivity contribution in [2.45, 2.75) is 31.1 Å². The van der Waals surface area contributed by atoms with E-state index in [2.05, 4.69) is 31.5 Å². The maximum absolute atomic E-state index is 14.2. The molecule has 10 nitrogen and oxygen atoms in total. The molecule has 2 aromatic rings. The quantitative estimate of drug-likeness (QED) is 0.496. The third-order valence-electron chi connectivity index (χ3n) is 6.35. The van der Waals surface area contributed by atoms with Crippen LogP contribution in [0.3, 0.4) is 0 Å². The number of ether oxygens (including phenoxy) is 1. The van der Waals surface area contributed by atoms with Crippen molar-refractivity contribution in [1.82, 2.24) is 14.5 Å². The van der Waals surface area contributed by atoms with E-state index in [9.17, 15) is 27.9 Å². The van der Waals surface area contributed by atoms with Crippen LogP contribution >= 0.6 is 15.9 Å². The second-order valence-electron chi connectivity index (χ2n) is 8.70. The van der Waals surface area contributed by atoms with Crippen LogP contribution in [-0.4, -0.2) is 76.8 Å². The fourth-order valence-corrected chi connectivity index (χ4v) is 5.11. The van der Waals surface area contributed by atoms with Crippen molar-refractivity contribution in [2.75, 3.05) is 48.4 Å². The zero-order chi connectivity index (χ0) is 26.0. The number of amides is 1. The summed E-state index contributed by atoms with van der Waals surface area (Å²) in [6, 6.07) is 2.46.